The van der Waals surface area contributed by atoms with Crippen LogP contribution in [0.1, 0.15) is 28.8 Å². The lowest BCUT2D eigenvalue weighted by Crippen LogP contribution is -2.21. The van der Waals surface area contributed by atoms with Gasteiger partial charge in [-0.25, -0.2) is 0 Å². The summed E-state index contributed by atoms with van der Waals surface area (Å²) in [6.07, 6.45) is 0.562. The predicted octanol–water partition coefficient (Wildman–Crippen LogP) is 2.58. The van der Waals surface area contributed by atoms with Crippen molar-refractivity contribution in [1.82, 2.24) is 10.2 Å². The highest BCUT2D eigenvalue weighted by atomic mass is 16.6. The van der Waals surface area contributed by atoms with E-state index in [2.05, 4.69) is 26.7 Å². The molecular formula is C18H19N5O2. The summed E-state index contributed by atoms with van der Waals surface area (Å²) in [7, 11) is 1.64. The molecule has 128 valence electrons. The Bertz CT molecular complexity index is 840. The molecule has 7 nitrogen and oxygen atoms in total. The van der Waals surface area contributed by atoms with E-state index in [1.807, 2.05) is 38.1 Å². The lowest BCUT2D eigenvalue weighted by atomic mass is 10.0. The summed E-state index contributed by atoms with van der Waals surface area (Å²) in [5.41, 5.74) is 4.00. The topological polar surface area (TPSA) is 92.4 Å². The first kappa shape index (κ1) is 16.7. The van der Waals surface area contributed by atoms with Crippen LogP contribution in [0.2, 0.25) is 0 Å². The van der Waals surface area contributed by atoms with Crippen LogP contribution in [0.3, 0.4) is 0 Å². The lowest BCUT2D eigenvalue weighted by Gasteiger charge is -2.12. The summed E-state index contributed by atoms with van der Waals surface area (Å²) in [5.74, 6) is 1.28. The van der Waals surface area contributed by atoms with Gasteiger partial charge in [-0.2, -0.15) is 10.4 Å². The number of benzene rings is 1. The average molecular weight is 337 g/mol. The molecule has 1 aliphatic heterocycles. The second-order valence-electron chi connectivity index (χ2n) is 5.82. The van der Waals surface area contributed by atoms with Crippen molar-refractivity contribution in [3.63, 3.8) is 0 Å². The number of methoxy groups -OCH3 is 1. The van der Waals surface area contributed by atoms with Crippen molar-refractivity contribution in [2.45, 2.75) is 26.4 Å². The second kappa shape index (κ2) is 7.18. The normalized spacial score (nSPS) is 15.9. The van der Waals surface area contributed by atoms with Crippen LogP contribution in [0.4, 0.5) is 5.82 Å². The maximum atomic E-state index is 9.33. The number of hydrogen-bond acceptors (Lipinski definition) is 7. The first-order valence-corrected chi connectivity index (χ1v) is 7.97. The Hall–Kier alpha value is -3.14. The van der Waals surface area contributed by atoms with Gasteiger partial charge in [0.25, 0.3) is 0 Å². The average Bonchev–Trinajstić information content (AvgIpc) is 3.12. The van der Waals surface area contributed by atoms with Crippen LogP contribution in [0.5, 0.6) is 5.75 Å². The van der Waals surface area contributed by atoms with Crippen LogP contribution in [0.15, 0.2) is 29.4 Å². The Kier molecular flexibility index (Phi) is 4.80. The fourth-order valence-electron chi connectivity index (χ4n) is 2.57. The van der Waals surface area contributed by atoms with E-state index in [0.29, 0.717) is 24.3 Å². The largest absolute Gasteiger partial charge is 0.497 e. The number of anilines is 1. The summed E-state index contributed by atoms with van der Waals surface area (Å²) in [6, 6.07) is 9.89. The molecular weight excluding hydrogens is 318 g/mol. The van der Waals surface area contributed by atoms with Gasteiger partial charge in [0.1, 0.15) is 23.5 Å². The van der Waals surface area contributed by atoms with Crippen LogP contribution >= 0.6 is 0 Å². The summed E-state index contributed by atoms with van der Waals surface area (Å²) >= 11 is 0. The van der Waals surface area contributed by atoms with E-state index in [1.54, 1.807) is 7.11 Å². The number of nitrogens with one attached hydrogen (secondary N) is 1. The van der Waals surface area contributed by atoms with Crippen molar-refractivity contribution in [3.05, 3.63) is 46.6 Å². The quantitative estimate of drug-likeness (QED) is 0.901. The lowest BCUT2D eigenvalue weighted by molar-refractivity contribution is 0.0948. The van der Waals surface area contributed by atoms with E-state index in [4.69, 9.17) is 9.57 Å². The number of rotatable bonds is 5. The molecule has 0 saturated carbocycles. The van der Waals surface area contributed by atoms with Crippen LogP contribution in [0.25, 0.3) is 0 Å². The van der Waals surface area contributed by atoms with E-state index in [1.165, 1.54) is 0 Å². The van der Waals surface area contributed by atoms with Crippen molar-refractivity contribution >= 4 is 11.5 Å². The molecule has 0 radical (unpaired) electrons. The molecule has 1 aliphatic rings. The number of nitriles is 1. The van der Waals surface area contributed by atoms with Gasteiger partial charge >= 0.3 is 0 Å². The Morgan fingerprint density at radius 3 is 2.72 bits per heavy atom. The zero-order valence-corrected chi connectivity index (χ0v) is 14.4. The third-order valence-electron chi connectivity index (χ3n) is 4.22. The summed E-state index contributed by atoms with van der Waals surface area (Å²) in [5, 5.41) is 24.8. The standard InChI is InChI=1S/C18H19N5O2/c1-11-12(2)21-22-18(16(11)9-19)20-10-15-8-17(23-25-15)13-4-6-14(24-3)7-5-13/h4-7,15H,8,10H2,1-3H3,(H,20,22). The molecule has 0 aliphatic carbocycles. The zero-order chi connectivity index (χ0) is 17.8. The number of ether oxygens (including phenoxy) is 1. The molecule has 1 aromatic heterocycles. The van der Waals surface area contributed by atoms with Crippen molar-refractivity contribution in [2.24, 2.45) is 5.16 Å². The molecule has 1 N–H and O–H groups in total. The third kappa shape index (κ3) is 3.53. The summed E-state index contributed by atoms with van der Waals surface area (Å²) in [4.78, 5) is 5.49. The molecule has 7 heteroatoms. The van der Waals surface area contributed by atoms with Gasteiger partial charge in [0.05, 0.1) is 25.1 Å². The molecule has 1 aromatic carbocycles. The van der Waals surface area contributed by atoms with Crippen molar-refractivity contribution in [2.75, 3.05) is 19.0 Å². The molecule has 0 saturated heterocycles. The fraction of sp³-hybridized carbons (Fsp3) is 0.333. The molecule has 1 atom stereocenters. The maximum absolute atomic E-state index is 9.33. The SMILES string of the molecule is COc1ccc(C2=NOC(CNc3nnc(C)c(C)c3C#N)C2)cc1. The van der Waals surface area contributed by atoms with Crippen LogP contribution in [-0.2, 0) is 4.84 Å². The highest BCUT2D eigenvalue weighted by Gasteiger charge is 2.23. The Balaban J connectivity index is 1.62. The Morgan fingerprint density at radius 2 is 2.04 bits per heavy atom. The summed E-state index contributed by atoms with van der Waals surface area (Å²) < 4.78 is 5.16. The van der Waals surface area contributed by atoms with Gasteiger partial charge in [-0.05, 0) is 49.2 Å². The van der Waals surface area contributed by atoms with E-state index in [-0.39, 0.29) is 6.10 Å². The third-order valence-corrected chi connectivity index (χ3v) is 4.22. The maximum Gasteiger partial charge on any atom is 0.167 e. The second-order valence-corrected chi connectivity index (χ2v) is 5.82. The minimum atomic E-state index is -0.118. The van der Waals surface area contributed by atoms with E-state index in [0.717, 1.165) is 28.3 Å². The molecule has 0 bridgehead atoms. The Morgan fingerprint density at radius 1 is 1.28 bits per heavy atom. The first-order chi connectivity index (χ1) is 12.1. The van der Waals surface area contributed by atoms with Gasteiger partial charge in [0.15, 0.2) is 5.82 Å². The van der Waals surface area contributed by atoms with Gasteiger partial charge in [0.2, 0.25) is 0 Å². The molecule has 2 aromatic rings. The van der Waals surface area contributed by atoms with E-state index >= 15 is 0 Å². The van der Waals surface area contributed by atoms with Gasteiger partial charge < -0.3 is 14.9 Å². The molecule has 0 spiro atoms. The molecule has 25 heavy (non-hydrogen) atoms. The van der Waals surface area contributed by atoms with Crippen molar-refractivity contribution < 1.29 is 9.57 Å². The van der Waals surface area contributed by atoms with Gasteiger partial charge in [-0.3, -0.25) is 0 Å². The van der Waals surface area contributed by atoms with Gasteiger partial charge in [-0.1, -0.05) is 5.16 Å². The minimum Gasteiger partial charge on any atom is -0.497 e. The van der Waals surface area contributed by atoms with Gasteiger partial charge in [-0.15, -0.1) is 5.10 Å². The number of hydrogen-bond donors (Lipinski definition) is 1. The molecule has 3 rings (SSSR count). The zero-order valence-electron chi connectivity index (χ0n) is 14.4. The number of aromatic nitrogens is 2. The van der Waals surface area contributed by atoms with E-state index in [9.17, 15) is 5.26 Å². The fourth-order valence-corrected chi connectivity index (χ4v) is 2.57. The molecule has 0 fully saturated rings. The summed E-state index contributed by atoms with van der Waals surface area (Å²) in [6.45, 7) is 4.20. The predicted molar refractivity (Wildman–Crippen MR) is 93.7 cm³/mol. The molecule has 2 heterocycles. The van der Waals surface area contributed by atoms with Crippen LogP contribution < -0.4 is 10.1 Å². The number of oxime groups is 1. The van der Waals surface area contributed by atoms with Crippen molar-refractivity contribution in [1.29, 1.82) is 5.26 Å². The van der Waals surface area contributed by atoms with Gasteiger partial charge in [0, 0.05) is 6.42 Å². The van der Waals surface area contributed by atoms with Crippen LogP contribution in [-0.4, -0.2) is 35.7 Å². The number of aryl methyl sites for hydroxylation is 1. The number of nitrogens with zero attached hydrogens (tertiary/aromatic N) is 4. The monoisotopic (exact) mass is 337 g/mol. The smallest absolute Gasteiger partial charge is 0.167 e. The van der Waals surface area contributed by atoms with E-state index < -0.39 is 0 Å². The first-order valence-electron chi connectivity index (χ1n) is 7.97. The highest BCUT2D eigenvalue weighted by Crippen LogP contribution is 2.21. The molecule has 1 unspecified atom stereocenters. The van der Waals surface area contributed by atoms with Crippen LogP contribution in [0, 0.1) is 25.2 Å². The van der Waals surface area contributed by atoms with Crippen molar-refractivity contribution in [3.8, 4) is 11.8 Å². The minimum absolute atomic E-state index is 0.118. The molecule has 0 amide bonds. The Labute approximate surface area is 146 Å². The highest BCUT2D eigenvalue weighted by molar-refractivity contribution is 6.01.